The second-order valence-corrected chi connectivity index (χ2v) is 5.79. The predicted octanol–water partition coefficient (Wildman–Crippen LogP) is 1.88. The van der Waals surface area contributed by atoms with Crippen molar-refractivity contribution in [2.45, 2.75) is 31.5 Å². The van der Waals surface area contributed by atoms with Gasteiger partial charge in [-0.1, -0.05) is 6.07 Å². The van der Waals surface area contributed by atoms with Crippen LogP contribution in [0.1, 0.15) is 19.8 Å². The van der Waals surface area contributed by atoms with Crippen molar-refractivity contribution in [2.24, 2.45) is 0 Å². The lowest BCUT2D eigenvalue weighted by molar-refractivity contribution is -0.187. The molecule has 3 rings (SSSR count). The monoisotopic (exact) mass is 291 g/mol. The molecule has 21 heavy (non-hydrogen) atoms. The van der Waals surface area contributed by atoms with Crippen molar-refractivity contribution in [3.63, 3.8) is 0 Å². The average Bonchev–Trinajstić information content (AvgIpc) is 2.48. The number of carbonyl (C=O) groups is 1. The Hall–Kier alpha value is -1.66. The third-order valence-electron chi connectivity index (χ3n) is 3.88. The first-order valence-electron chi connectivity index (χ1n) is 7.39. The van der Waals surface area contributed by atoms with Crippen LogP contribution in [0.15, 0.2) is 24.4 Å². The van der Waals surface area contributed by atoms with Crippen molar-refractivity contribution in [1.29, 1.82) is 0 Å². The van der Waals surface area contributed by atoms with Crippen molar-refractivity contribution in [3.05, 3.63) is 24.4 Å². The van der Waals surface area contributed by atoms with E-state index in [1.165, 1.54) is 0 Å². The van der Waals surface area contributed by atoms with Crippen LogP contribution in [0.25, 0.3) is 0 Å². The Balaban J connectivity index is 1.67. The summed E-state index contributed by atoms with van der Waals surface area (Å²) in [5.41, 5.74) is -0.350. The topological polar surface area (TPSA) is 63.7 Å². The maximum Gasteiger partial charge on any atom is 0.323 e. The van der Waals surface area contributed by atoms with E-state index in [0.29, 0.717) is 25.5 Å². The lowest BCUT2D eigenvalue weighted by atomic mass is 9.93. The number of pyridine rings is 1. The highest BCUT2D eigenvalue weighted by Crippen LogP contribution is 2.30. The molecule has 1 spiro atoms. The highest BCUT2D eigenvalue weighted by molar-refractivity contribution is 5.88. The van der Waals surface area contributed by atoms with Crippen molar-refractivity contribution in [3.8, 4) is 0 Å². The van der Waals surface area contributed by atoms with E-state index >= 15 is 0 Å². The molecule has 6 heteroatoms. The summed E-state index contributed by atoms with van der Waals surface area (Å²) in [7, 11) is 0. The smallest absolute Gasteiger partial charge is 0.323 e. The molecule has 1 N–H and O–H groups in total. The molecular weight excluding hydrogens is 270 g/mol. The number of amides is 2. The zero-order valence-corrected chi connectivity index (χ0v) is 12.2. The quantitative estimate of drug-likeness (QED) is 0.858. The molecule has 2 saturated heterocycles. The van der Waals surface area contributed by atoms with Crippen LogP contribution < -0.4 is 5.32 Å². The first kappa shape index (κ1) is 14.3. The van der Waals surface area contributed by atoms with Gasteiger partial charge in [0.25, 0.3) is 0 Å². The van der Waals surface area contributed by atoms with Crippen LogP contribution in [0, 0.1) is 0 Å². The molecule has 2 atom stereocenters. The molecule has 0 bridgehead atoms. The van der Waals surface area contributed by atoms with Crippen LogP contribution in [-0.4, -0.2) is 53.9 Å². The van der Waals surface area contributed by atoms with E-state index in [1.54, 1.807) is 17.2 Å². The highest BCUT2D eigenvalue weighted by atomic mass is 16.6. The van der Waals surface area contributed by atoms with E-state index in [-0.39, 0.29) is 17.7 Å². The Labute approximate surface area is 124 Å². The molecule has 3 heterocycles. The molecule has 1 aromatic rings. The van der Waals surface area contributed by atoms with E-state index < -0.39 is 0 Å². The third kappa shape index (κ3) is 3.33. The lowest BCUT2D eigenvalue weighted by Gasteiger charge is -2.47. The Bertz CT molecular complexity index is 488. The number of aromatic nitrogens is 1. The highest BCUT2D eigenvalue weighted by Gasteiger charge is 2.42. The number of ether oxygens (including phenoxy) is 2. The molecular formula is C15H21N3O3. The number of hydrogen-bond donors (Lipinski definition) is 1. The van der Waals surface area contributed by atoms with Gasteiger partial charge < -0.3 is 14.4 Å². The SMILES string of the molecule is C[C@H]1CN(C(=O)Nc2ccccn2)C[C@@]2(CCCOC2)O1. The van der Waals surface area contributed by atoms with E-state index in [2.05, 4.69) is 10.3 Å². The van der Waals surface area contributed by atoms with Crippen LogP contribution in [0.4, 0.5) is 10.6 Å². The molecule has 2 fully saturated rings. The van der Waals surface area contributed by atoms with Gasteiger partial charge in [0.05, 0.1) is 19.3 Å². The van der Waals surface area contributed by atoms with Gasteiger partial charge in [0.15, 0.2) is 0 Å². The predicted molar refractivity (Wildman–Crippen MR) is 78.2 cm³/mol. The van der Waals surface area contributed by atoms with E-state index in [9.17, 15) is 4.79 Å². The number of carbonyl (C=O) groups excluding carboxylic acids is 1. The molecule has 0 unspecified atom stereocenters. The van der Waals surface area contributed by atoms with E-state index in [0.717, 1.165) is 19.4 Å². The van der Waals surface area contributed by atoms with Gasteiger partial charge in [-0.25, -0.2) is 9.78 Å². The van der Waals surface area contributed by atoms with Crippen molar-refractivity contribution in [2.75, 3.05) is 31.6 Å². The van der Waals surface area contributed by atoms with E-state index in [1.807, 2.05) is 19.1 Å². The number of morpholine rings is 1. The largest absolute Gasteiger partial charge is 0.378 e. The fourth-order valence-electron chi connectivity index (χ4n) is 3.05. The van der Waals surface area contributed by atoms with Crippen LogP contribution in [-0.2, 0) is 9.47 Å². The molecule has 2 aliphatic heterocycles. The zero-order valence-electron chi connectivity index (χ0n) is 12.2. The number of hydrogen-bond acceptors (Lipinski definition) is 4. The van der Waals surface area contributed by atoms with Crippen LogP contribution in [0.5, 0.6) is 0 Å². The average molecular weight is 291 g/mol. The van der Waals surface area contributed by atoms with Crippen molar-refractivity contribution < 1.29 is 14.3 Å². The molecule has 2 amide bonds. The molecule has 0 aliphatic carbocycles. The molecule has 2 aliphatic rings. The summed E-state index contributed by atoms with van der Waals surface area (Å²) in [5, 5.41) is 2.83. The number of nitrogens with zero attached hydrogens (tertiary/aromatic N) is 2. The summed E-state index contributed by atoms with van der Waals surface area (Å²) in [4.78, 5) is 18.3. The van der Waals surface area contributed by atoms with Crippen molar-refractivity contribution in [1.82, 2.24) is 9.88 Å². The second-order valence-electron chi connectivity index (χ2n) is 5.79. The van der Waals surface area contributed by atoms with Gasteiger partial charge in [-0.05, 0) is 31.9 Å². The zero-order chi connectivity index (χ0) is 14.7. The van der Waals surface area contributed by atoms with Crippen LogP contribution in [0.2, 0.25) is 0 Å². The minimum atomic E-state index is -0.350. The van der Waals surface area contributed by atoms with Gasteiger partial charge in [-0.15, -0.1) is 0 Å². The number of anilines is 1. The van der Waals surface area contributed by atoms with Gasteiger partial charge in [0, 0.05) is 19.3 Å². The standard InChI is InChI=1S/C15H21N3O3/c1-12-9-18(10-15(21-12)6-4-8-20-11-15)14(19)17-13-5-2-3-7-16-13/h2-3,5,7,12H,4,6,8-11H2,1H3,(H,16,17,19)/t12-,15+/m0/s1. The van der Waals surface area contributed by atoms with Gasteiger partial charge >= 0.3 is 6.03 Å². The van der Waals surface area contributed by atoms with E-state index in [4.69, 9.17) is 9.47 Å². The number of nitrogens with one attached hydrogen (secondary N) is 1. The maximum absolute atomic E-state index is 12.4. The Morgan fingerprint density at radius 3 is 3.14 bits per heavy atom. The Morgan fingerprint density at radius 1 is 1.52 bits per heavy atom. The molecule has 6 nitrogen and oxygen atoms in total. The fraction of sp³-hybridized carbons (Fsp3) is 0.600. The first-order chi connectivity index (χ1) is 10.2. The van der Waals surface area contributed by atoms with Gasteiger partial charge in [-0.3, -0.25) is 5.32 Å². The summed E-state index contributed by atoms with van der Waals surface area (Å²) in [6, 6.07) is 5.32. The Morgan fingerprint density at radius 2 is 2.43 bits per heavy atom. The summed E-state index contributed by atoms with van der Waals surface area (Å²) in [6.45, 7) is 4.48. The summed E-state index contributed by atoms with van der Waals surface area (Å²) < 4.78 is 11.6. The fourth-order valence-corrected chi connectivity index (χ4v) is 3.05. The number of urea groups is 1. The molecule has 1 aromatic heterocycles. The number of rotatable bonds is 1. The summed E-state index contributed by atoms with van der Waals surface area (Å²) in [5.74, 6) is 0.565. The van der Waals surface area contributed by atoms with Gasteiger partial charge in [0.2, 0.25) is 0 Å². The summed E-state index contributed by atoms with van der Waals surface area (Å²) in [6.07, 6.45) is 3.58. The van der Waals surface area contributed by atoms with Crippen LogP contribution >= 0.6 is 0 Å². The minimum absolute atomic E-state index is 0.00920. The first-order valence-corrected chi connectivity index (χ1v) is 7.39. The third-order valence-corrected chi connectivity index (χ3v) is 3.88. The molecule has 0 radical (unpaired) electrons. The Kier molecular flexibility index (Phi) is 4.07. The molecule has 0 aromatic carbocycles. The molecule has 0 saturated carbocycles. The molecule has 114 valence electrons. The maximum atomic E-state index is 12.4. The second kappa shape index (κ2) is 5.99. The summed E-state index contributed by atoms with van der Waals surface area (Å²) >= 11 is 0. The van der Waals surface area contributed by atoms with Gasteiger partial charge in [-0.2, -0.15) is 0 Å². The van der Waals surface area contributed by atoms with Gasteiger partial charge in [0.1, 0.15) is 11.4 Å². The normalized spacial score (nSPS) is 29.4. The lowest BCUT2D eigenvalue weighted by Crippen LogP contribution is -2.60. The van der Waals surface area contributed by atoms with Crippen LogP contribution in [0.3, 0.4) is 0 Å². The minimum Gasteiger partial charge on any atom is -0.378 e. The van der Waals surface area contributed by atoms with Crippen molar-refractivity contribution >= 4 is 11.8 Å².